The number of hydrogen-bond donors (Lipinski definition) is 2. The van der Waals surface area contributed by atoms with E-state index in [1.165, 1.54) is 18.5 Å². The van der Waals surface area contributed by atoms with Gasteiger partial charge in [-0.15, -0.1) is 0 Å². The molecule has 3 heterocycles. The Bertz CT molecular complexity index is 1530. The van der Waals surface area contributed by atoms with Gasteiger partial charge >= 0.3 is 0 Å². The molecule has 4 aromatic rings. The first kappa shape index (κ1) is 22.4. The van der Waals surface area contributed by atoms with Crippen LogP contribution >= 0.6 is 11.6 Å². The van der Waals surface area contributed by atoms with Crippen molar-refractivity contribution in [2.45, 2.75) is 12.8 Å². The Morgan fingerprint density at radius 2 is 1.91 bits per heavy atom. The molecule has 0 radical (unpaired) electrons. The van der Waals surface area contributed by atoms with Crippen molar-refractivity contribution in [3.05, 3.63) is 98.2 Å². The number of fused-ring (bicyclic) bond motifs is 2. The molecule has 1 aliphatic rings. The lowest BCUT2D eigenvalue weighted by atomic mass is 9.85. The van der Waals surface area contributed by atoms with Gasteiger partial charge in [0.2, 0.25) is 11.8 Å². The fourth-order valence-corrected chi connectivity index (χ4v) is 4.19. The average Bonchev–Trinajstić information content (AvgIpc) is 3.18. The minimum Gasteiger partial charge on any atom is -0.483 e. The second-order valence-electron chi connectivity index (χ2n) is 7.80. The Labute approximate surface area is 203 Å². The standard InChI is InChI=1S/C24H18ClN5O5/c1-12-18-19(13-6-8-14(25)9-7-13)20-22(33)27-11-28-23(20)35-24(18)30(29-12)17(31)10-34-16-5-3-2-4-15(16)21(26)32/h2-9,11,19H,10H2,1H3,(H2,26,32)(H,27,28,33). The highest BCUT2D eigenvalue weighted by Gasteiger charge is 2.38. The van der Waals surface area contributed by atoms with Gasteiger partial charge in [-0.25, -0.2) is 4.98 Å². The summed E-state index contributed by atoms with van der Waals surface area (Å²) in [6.45, 7) is 1.27. The molecule has 5 rings (SSSR count). The zero-order chi connectivity index (χ0) is 24.7. The van der Waals surface area contributed by atoms with Gasteiger partial charge in [-0.05, 0) is 36.8 Å². The molecule has 1 unspecified atom stereocenters. The molecule has 11 heteroatoms. The third kappa shape index (κ3) is 3.93. The van der Waals surface area contributed by atoms with Crippen molar-refractivity contribution in [2.75, 3.05) is 6.61 Å². The van der Waals surface area contributed by atoms with Gasteiger partial charge in [-0.2, -0.15) is 9.78 Å². The van der Waals surface area contributed by atoms with Crippen LogP contribution in [0, 0.1) is 6.92 Å². The smallest absolute Gasteiger partial charge is 0.287 e. The number of carbonyl (C=O) groups excluding carboxylic acids is 2. The first-order chi connectivity index (χ1) is 16.8. The maximum atomic E-state index is 13.1. The van der Waals surface area contributed by atoms with Gasteiger partial charge in [0, 0.05) is 5.02 Å². The van der Waals surface area contributed by atoms with Crippen molar-refractivity contribution in [3.63, 3.8) is 0 Å². The second-order valence-corrected chi connectivity index (χ2v) is 8.23. The van der Waals surface area contributed by atoms with Crippen molar-refractivity contribution >= 4 is 23.4 Å². The minimum absolute atomic E-state index is 0.0649. The van der Waals surface area contributed by atoms with Gasteiger partial charge in [0.05, 0.1) is 34.6 Å². The van der Waals surface area contributed by atoms with Gasteiger partial charge in [-0.3, -0.25) is 14.4 Å². The summed E-state index contributed by atoms with van der Waals surface area (Å²) in [5.74, 6) is -1.47. The van der Waals surface area contributed by atoms with E-state index in [2.05, 4.69) is 15.1 Å². The number of para-hydroxylation sites is 1. The van der Waals surface area contributed by atoms with Crippen LogP contribution in [0.4, 0.5) is 0 Å². The number of H-pyrrole nitrogens is 1. The lowest BCUT2D eigenvalue weighted by Gasteiger charge is -2.25. The second kappa shape index (κ2) is 8.73. The molecule has 0 saturated heterocycles. The van der Waals surface area contributed by atoms with Crippen LogP contribution in [0.3, 0.4) is 0 Å². The van der Waals surface area contributed by atoms with Crippen molar-refractivity contribution in [1.29, 1.82) is 0 Å². The molecule has 176 valence electrons. The molecule has 35 heavy (non-hydrogen) atoms. The predicted molar refractivity (Wildman–Crippen MR) is 125 cm³/mol. The molecule has 0 aliphatic carbocycles. The van der Waals surface area contributed by atoms with Crippen LogP contribution in [0.15, 0.2) is 59.7 Å². The van der Waals surface area contributed by atoms with Gasteiger partial charge < -0.3 is 20.2 Å². The van der Waals surface area contributed by atoms with E-state index in [1.54, 1.807) is 43.3 Å². The van der Waals surface area contributed by atoms with E-state index in [0.29, 0.717) is 21.8 Å². The molecule has 0 spiro atoms. The number of amides is 1. The molecule has 10 nitrogen and oxygen atoms in total. The van der Waals surface area contributed by atoms with E-state index < -0.39 is 24.3 Å². The SMILES string of the molecule is Cc1nn(C(=O)COc2ccccc2C(N)=O)c2c1C(c1ccc(Cl)cc1)c1c(nc[nH]c1=O)O2. The normalized spacial score (nSPS) is 13.9. The number of hydrogen-bond acceptors (Lipinski definition) is 7. The predicted octanol–water partition coefficient (Wildman–Crippen LogP) is 3.03. The maximum Gasteiger partial charge on any atom is 0.287 e. The quantitative estimate of drug-likeness (QED) is 0.384. The first-order valence-corrected chi connectivity index (χ1v) is 10.9. The molecule has 2 aromatic carbocycles. The van der Waals surface area contributed by atoms with Crippen LogP contribution in [0.2, 0.25) is 5.02 Å². The molecular formula is C24H18ClN5O5. The van der Waals surface area contributed by atoms with Crippen molar-refractivity contribution in [3.8, 4) is 17.5 Å². The van der Waals surface area contributed by atoms with Crippen molar-refractivity contribution in [2.24, 2.45) is 5.73 Å². The van der Waals surface area contributed by atoms with Gasteiger partial charge in [-0.1, -0.05) is 35.9 Å². The van der Waals surface area contributed by atoms with Crippen LogP contribution in [0.25, 0.3) is 0 Å². The van der Waals surface area contributed by atoms with Crippen molar-refractivity contribution in [1.82, 2.24) is 19.7 Å². The zero-order valence-corrected chi connectivity index (χ0v) is 19.1. The molecular weight excluding hydrogens is 474 g/mol. The Balaban J connectivity index is 1.55. The summed E-state index contributed by atoms with van der Waals surface area (Å²) in [7, 11) is 0. The third-order valence-corrected chi connectivity index (χ3v) is 5.88. The Kier molecular flexibility index (Phi) is 5.58. The molecule has 1 aliphatic heterocycles. The number of carbonyl (C=O) groups is 2. The Hall–Kier alpha value is -4.44. The topological polar surface area (TPSA) is 142 Å². The Morgan fingerprint density at radius 3 is 2.66 bits per heavy atom. The molecule has 1 amide bonds. The third-order valence-electron chi connectivity index (χ3n) is 5.63. The summed E-state index contributed by atoms with van der Waals surface area (Å²) in [6, 6.07) is 13.3. The highest BCUT2D eigenvalue weighted by atomic mass is 35.5. The number of aromatic nitrogens is 4. The van der Waals surface area contributed by atoms with Gasteiger partial charge in [0.1, 0.15) is 5.75 Å². The number of ether oxygens (including phenoxy) is 2. The average molecular weight is 492 g/mol. The summed E-state index contributed by atoms with van der Waals surface area (Å²) < 4.78 is 12.6. The number of halogens is 1. The van der Waals surface area contributed by atoms with E-state index in [9.17, 15) is 14.4 Å². The van der Waals surface area contributed by atoms with Crippen LogP contribution < -0.4 is 20.8 Å². The molecule has 3 N–H and O–H groups in total. The zero-order valence-electron chi connectivity index (χ0n) is 18.3. The van der Waals surface area contributed by atoms with E-state index in [1.807, 2.05) is 0 Å². The number of benzene rings is 2. The number of nitrogens with zero attached hydrogens (tertiary/aromatic N) is 3. The Morgan fingerprint density at radius 1 is 1.17 bits per heavy atom. The highest BCUT2D eigenvalue weighted by molar-refractivity contribution is 6.30. The summed E-state index contributed by atoms with van der Waals surface area (Å²) >= 11 is 6.07. The monoisotopic (exact) mass is 491 g/mol. The van der Waals surface area contributed by atoms with E-state index in [0.717, 1.165) is 10.2 Å². The molecule has 2 aromatic heterocycles. The molecule has 0 bridgehead atoms. The number of primary amides is 1. The fraction of sp³-hybridized carbons (Fsp3) is 0.125. The molecule has 1 atom stereocenters. The summed E-state index contributed by atoms with van der Waals surface area (Å²) in [5.41, 5.74) is 7.23. The number of nitrogens with one attached hydrogen (secondary N) is 1. The minimum atomic E-state index is -0.678. The van der Waals surface area contributed by atoms with E-state index in [4.69, 9.17) is 26.8 Å². The maximum absolute atomic E-state index is 13.1. The number of aryl methyl sites for hydroxylation is 1. The van der Waals surface area contributed by atoms with Crippen LogP contribution in [0.1, 0.15) is 43.5 Å². The largest absolute Gasteiger partial charge is 0.483 e. The van der Waals surface area contributed by atoms with Gasteiger partial charge in [0.25, 0.3) is 17.4 Å². The number of rotatable bonds is 5. The van der Waals surface area contributed by atoms with Crippen LogP contribution in [0.5, 0.6) is 17.5 Å². The lowest BCUT2D eigenvalue weighted by Crippen LogP contribution is -2.26. The van der Waals surface area contributed by atoms with Gasteiger partial charge in [0.15, 0.2) is 6.61 Å². The fourth-order valence-electron chi connectivity index (χ4n) is 4.07. The van der Waals surface area contributed by atoms with E-state index in [-0.39, 0.29) is 28.6 Å². The number of nitrogens with two attached hydrogens (primary N) is 1. The summed E-state index contributed by atoms with van der Waals surface area (Å²) in [4.78, 5) is 44.3. The highest BCUT2D eigenvalue weighted by Crippen LogP contribution is 2.46. The molecule has 0 saturated carbocycles. The van der Waals surface area contributed by atoms with Crippen LogP contribution in [-0.2, 0) is 0 Å². The lowest BCUT2D eigenvalue weighted by molar-refractivity contribution is 0.0806. The first-order valence-electron chi connectivity index (χ1n) is 10.5. The number of aromatic amines is 1. The molecule has 0 fully saturated rings. The van der Waals surface area contributed by atoms with Crippen LogP contribution in [-0.4, -0.2) is 38.2 Å². The summed E-state index contributed by atoms with van der Waals surface area (Å²) in [6.07, 6.45) is 1.23. The summed E-state index contributed by atoms with van der Waals surface area (Å²) in [5, 5.41) is 4.91. The van der Waals surface area contributed by atoms with E-state index >= 15 is 0 Å². The van der Waals surface area contributed by atoms with Crippen molar-refractivity contribution < 1.29 is 19.1 Å².